The van der Waals surface area contributed by atoms with Gasteiger partial charge in [-0.3, -0.25) is 0 Å². The molecule has 1 saturated carbocycles. The first-order valence-electron chi connectivity index (χ1n) is 18.1. The van der Waals surface area contributed by atoms with Crippen molar-refractivity contribution in [3.8, 4) is 5.75 Å². The summed E-state index contributed by atoms with van der Waals surface area (Å²) in [5.74, 6) is 0.912. The zero-order chi connectivity index (χ0) is 33.8. The number of benzene rings is 3. The first-order chi connectivity index (χ1) is 24.1. The largest absolute Gasteiger partial charge is 0.482 e. The van der Waals surface area contributed by atoms with Crippen LogP contribution in [0, 0.1) is 17.8 Å². The standard InChI is InChI=1S/C41H50O8/c1-2-33(48-41-18-9-10-21-45-41)19-20-34-35-22-31-16-11-17-37(46-28-39(42)47-26-30-14-7-4-8-15-30)36(31)23-32(35)24-38(34)49-40(43)27-44-25-29-12-5-3-6-13-29/h3-8,11-17,32-35,38,41H,2,9-10,18-28H2,1H3/t32-,33-,34+,35-,38+,41?/m0/s1. The molecule has 1 aliphatic heterocycles. The van der Waals surface area contributed by atoms with Crippen LogP contribution in [0.2, 0.25) is 0 Å². The van der Waals surface area contributed by atoms with Crippen LogP contribution in [0.3, 0.4) is 0 Å². The van der Waals surface area contributed by atoms with Crippen LogP contribution in [0.15, 0.2) is 78.9 Å². The van der Waals surface area contributed by atoms with Gasteiger partial charge in [0.2, 0.25) is 0 Å². The van der Waals surface area contributed by atoms with Gasteiger partial charge < -0.3 is 28.4 Å². The molecule has 2 fully saturated rings. The second-order valence-corrected chi connectivity index (χ2v) is 13.6. The Balaban J connectivity index is 1.09. The minimum absolute atomic E-state index is 0.0776. The summed E-state index contributed by atoms with van der Waals surface area (Å²) in [6.45, 7) is 3.29. The van der Waals surface area contributed by atoms with Gasteiger partial charge in [0.15, 0.2) is 12.9 Å². The fourth-order valence-electron chi connectivity index (χ4n) is 7.77. The maximum atomic E-state index is 13.1. The Bertz CT molecular complexity index is 1470. The second kappa shape index (κ2) is 17.8. The highest BCUT2D eigenvalue weighted by molar-refractivity contribution is 5.71. The molecule has 0 N–H and O–H groups in total. The van der Waals surface area contributed by atoms with Crippen LogP contribution in [-0.2, 0) is 59.3 Å². The molecule has 3 aromatic carbocycles. The molecule has 8 nitrogen and oxygen atoms in total. The number of fused-ring (bicyclic) bond motifs is 2. The van der Waals surface area contributed by atoms with E-state index in [1.165, 1.54) is 5.56 Å². The first-order valence-corrected chi connectivity index (χ1v) is 18.1. The van der Waals surface area contributed by atoms with E-state index >= 15 is 0 Å². The van der Waals surface area contributed by atoms with E-state index in [0.29, 0.717) is 18.4 Å². The molecule has 0 spiro atoms. The minimum Gasteiger partial charge on any atom is -0.482 e. The number of carbonyl (C=O) groups excluding carboxylic acids is 2. The van der Waals surface area contributed by atoms with Gasteiger partial charge in [-0.2, -0.15) is 0 Å². The molecular weight excluding hydrogens is 620 g/mol. The SMILES string of the molecule is CC[C@@H](CC[C@@H]1[C@H]2Cc3cccc(OCC(=O)OCc4ccccc4)c3C[C@H]2C[C@H]1OC(=O)COCc1ccccc1)OC1CCCCO1. The second-order valence-electron chi connectivity index (χ2n) is 13.6. The topological polar surface area (TPSA) is 89.5 Å². The highest BCUT2D eigenvalue weighted by Crippen LogP contribution is 2.49. The quantitative estimate of drug-likeness (QED) is 0.146. The minimum atomic E-state index is -0.399. The van der Waals surface area contributed by atoms with E-state index in [0.717, 1.165) is 86.8 Å². The Labute approximate surface area is 290 Å². The smallest absolute Gasteiger partial charge is 0.344 e. The highest BCUT2D eigenvalue weighted by atomic mass is 16.7. The van der Waals surface area contributed by atoms with Gasteiger partial charge >= 0.3 is 11.9 Å². The number of ether oxygens (including phenoxy) is 6. The molecule has 2 aliphatic carbocycles. The van der Waals surface area contributed by atoms with Gasteiger partial charge in [0.05, 0.1) is 12.7 Å². The average Bonchev–Trinajstić information content (AvgIpc) is 3.46. The van der Waals surface area contributed by atoms with Gasteiger partial charge in [0.1, 0.15) is 25.1 Å². The summed E-state index contributed by atoms with van der Waals surface area (Å²) in [7, 11) is 0. The lowest BCUT2D eigenvalue weighted by Gasteiger charge is -2.33. The maximum Gasteiger partial charge on any atom is 0.344 e. The average molecular weight is 671 g/mol. The number of carbonyl (C=O) groups is 2. The van der Waals surface area contributed by atoms with Crippen molar-refractivity contribution in [2.75, 3.05) is 19.8 Å². The fourth-order valence-corrected chi connectivity index (χ4v) is 7.77. The van der Waals surface area contributed by atoms with Crippen molar-refractivity contribution in [3.05, 3.63) is 101 Å². The summed E-state index contributed by atoms with van der Waals surface area (Å²) >= 11 is 0. The number of esters is 2. The van der Waals surface area contributed by atoms with E-state index in [1.807, 2.05) is 72.8 Å². The van der Waals surface area contributed by atoms with Crippen LogP contribution in [0.4, 0.5) is 0 Å². The fraction of sp³-hybridized carbons (Fsp3) is 0.512. The van der Waals surface area contributed by atoms with Crippen LogP contribution >= 0.6 is 0 Å². The third kappa shape index (κ3) is 9.93. The zero-order valence-corrected chi connectivity index (χ0v) is 28.6. The summed E-state index contributed by atoms with van der Waals surface area (Å²) < 4.78 is 35.8. The Morgan fingerprint density at radius 2 is 1.63 bits per heavy atom. The number of rotatable bonds is 16. The Morgan fingerprint density at radius 1 is 0.857 bits per heavy atom. The molecule has 1 saturated heterocycles. The van der Waals surface area contributed by atoms with Gasteiger partial charge in [0, 0.05) is 6.61 Å². The van der Waals surface area contributed by atoms with Crippen molar-refractivity contribution in [1.29, 1.82) is 0 Å². The first kappa shape index (κ1) is 35.1. The molecule has 0 bridgehead atoms. The van der Waals surface area contributed by atoms with Gasteiger partial charge in [0.25, 0.3) is 0 Å². The molecular formula is C41H50O8. The molecule has 1 heterocycles. The van der Waals surface area contributed by atoms with Crippen molar-refractivity contribution in [2.24, 2.45) is 17.8 Å². The van der Waals surface area contributed by atoms with E-state index in [-0.39, 0.29) is 50.2 Å². The Kier molecular flexibility index (Phi) is 12.8. The normalized spacial score (nSPS) is 23.6. The Hall–Kier alpha value is -3.72. The van der Waals surface area contributed by atoms with E-state index < -0.39 is 5.97 Å². The molecule has 0 aromatic heterocycles. The molecule has 0 amide bonds. The monoisotopic (exact) mass is 670 g/mol. The van der Waals surface area contributed by atoms with Crippen LogP contribution in [0.25, 0.3) is 0 Å². The molecule has 3 aromatic rings. The van der Waals surface area contributed by atoms with E-state index in [9.17, 15) is 9.59 Å². The van der Waals surface area contributed by atoms with Crippen LogP contribution in [0.5, 0.6) is 5.75 Å². The lowest BCUT2D eigenvalue weighted by molar-refractivity contribution is -0.190. The van der Waals surface area contributed by atoms with Crippen LogP contribution < -0.4 is 4.74 Å². The molecule has 262 valence electrons. The molecule has 49 heavy (non-hydrogen) atoms. The lowest BCUT2D eigenvalue weighted by atomic mass is 9.73. The van der Waals surface area contributed by atoms with Crippen molar-refractivity contribution in [1.82, 2.24) is 0 Å². The van der Waals surface area contributed by atoms with Crippen molar-refractivity contribution in [2.45, 2.75) is 96.4 Å². The van der Waals surface area contributed by atoms with Crippen molar-refractivity contribution < 1.29 is 38.0 Å². The molecule has 3 aliphatic rings. The number of hydrogen-bond donors (Lipinski definition) is 0. The van der Waals surface area contributed by atoms with E-state index in [1.54, 1.807) is 0 Å². The maximum absolute atomic E-state index is 13.1. The van der Waals surface area contributed by atoms with Gasteiger partial charge in [-0.25, -0.2) is 9.59 Å². The molecule has 6 atom stereocenters. The number of hydrogen-bond acceptors (Lipinski definition) is 8. The molecule has 0 radical (unpaired) electrons. The van der Waals surface area contributed by atoms with Gasteiger partial charge in [-0.1, -0.05) is 79.7 Å². The van der Waals surface area contributed by atoms with Crippen molar-refractivity contribution >= 4 is 11.9 Å². The summed E-state index contributed by atoms with van der Waals surface area (Å²) in [5.41, 5.74) is 4.33. The van der Waals surface area contributed by atoms with E-state index in [2.05, 4.69) is 13.0 Å². The molecule has 1 unspecified atom stereocenters. The zero-order valence-electron chi connectivity index (χ0n) is 28.6. The highest BCUT2D eigenvalue weighted by Gasteiger charge is 2.47. The van der Waals surface area contributed by atoms with Crippen molar-refractivity contribution in [3.63, 3.8) is 0 Å². The van der Waals surface area contributed by atoms with Crippen LogP contribution in [0.1, 0.15) is 74.1 Å². The third-order valence-corrected chi connectivity index (χ3v) is 10.3. The van der Waals surface area contributed by atoms with Gasteiger partial charge in [-0.05, 0) is 104 Å². The lowest BCUT2D eigenvalue weighted by Crippen LogP contribution is -2.32. The third-order valence-electron chi connectivity index (χ3n) is 10.3. The Morgan fingerprint density at radius 3 is 2.37 bits per heavy atom. The van der Waals surface area contributed by atoms with Gasteiger partial charge in [-0.15, -0.1) is 0 Å². The van der Waals surface area contributed by atoms with E-state index in [4.69, 9.17) is 28.4 Å². The summed E-state index contributed by atoms with van der Waals surface area (Å²) in [6, 6.07) is 25.6. The van der Waals surface area contributed by atoms with Crippen LogP contribution in [-0.4, -0.2) is 50.3 Å². The molecule has 6 rings (SSSR count). The summed E-state index contributed by atoms with van der Waals surface area (Å²) in [5, 5.41) is 0. The summed E-state index contributed by atoms with van der Waals surface area (Å²) in [6.07, 6.45) is 8.15. The predicted molar refractivity (Wildman–Crippen MR) is 185 cm³/mol. The predicted octanol–water partition coefficient (Wildman–Crippen LogP) is 7.39. The summed E-state index contributed by atoms with van der Waals surface area (Å²) in [4.78, 5) is 25.6. The molecule has 8 heteroatoms.